The molecule has 28 heavy (non-hydrogen) atoms. The molecule has 9 heteroatoms. The molecule has 1 saturated carbocycles. The first-order valence-corrected chi connectivity index (χ1v) is 10.1. The number of carboxylic acid groups (broad SMARTS) is 1. The lowest BCUT2D eigenvalue weighted by Gasteiger charge is -2.33. The van der Waals surface area contributed by atoms with Crippen molar-refractivity contribution in [3.8, 4) is 0 Å². The van der Waals surface area contributed by atoms with Crippen LogP contribution in [0.15, 0.2) is 12.3 Å². The van der Waals surface area contributed by atoms with Gasteiger partial charge in [0.15, 0.2) is 0 Å². The summed E-state index contributed by atoms with van der Waals surface area (Å²) >= 11 is 0. The van der Waals surface area contributed by atoms with Gasteiger partial charge >= 0.3 is 12.0 Å². The zero-order valence-electron chi connectivity index (χ0n) is 16.1. The number of nitrogens with zero attached hydrogens (tertiary/aromatic N) is 4. The maximum absolute atomic E-state index is 13.0. The molecule has 0 radical (unpaired) electrons. The van der Waals surface area contributed by atoms with Gasteiger partial charge < -0.3 is 15.3 Å². The molecule has 1 aromatic heterocycles. The van der Waals surface area contributed by atoms with Crippen molar-refractivity contribution >= 4 is 23.7 Å². The largest absolute Gasteiger partial charge is 0.481 e. The number of piperidine rings is 1. The standard InChI is InChI=1S/C19H27N5O4/c1-2-24-15(7-9-20-24)23-10-4-6-14(16(23)25)21-18(28)22-11-13-5-3-8-19(13,12-22)17(26)27/h7,9,13-14H,2-6,8,10-12H2,1H3,(H,21,28)(H,26,27)/t13-,14?,19+/m0/s1. The molecule has 3 aliphatic rings. The SMILES string of the molecule is CCn1nccc1N1CCCC(NC(=O)N2C[C@@H]3CCC[C@@]3(C(=O)O)C2)C1=O. The number of rotatable bonds is 4. The number of aliphatic carboxylic acids is 1. The van der Waals surface area contributed by atoms with Crippen molar-refractivity contribution in [1.82, 2.24) is 20.0 Å². The number of hydrogen-bond acceptors (Lipinski definition) is 4. The van der Waals surface area contributed by atoms with Gasteiger partial charge in [-0.05, 0) is 38.5 Å². The molecule has 3 amide bonds. The summed E-state index contributed by atoms with van der Waals surface area (Å²) in [6.07, 6.45) is 5.40. The second kappa shape index (κ2) is 7.10. The van der Waals surface area contributed by atoms with Crippen LogP contribution in [0.4, 0.5) is 10.6 Å². The van der Waals surface area contributed by atoms with Crippen molar-refractivity contribution in [2.45, 2.75) is 51.6 Å². The Morgan fingerprint density at radius 1 is 1.36 bits per heavy atom. The van der Waals surface area contributed by atoms with Crippen LogP contribution in [0.5, 0.6) is 0 Å². The number of fused-ring (bicyclic) bond motifs is 1. The molecule has 0 aromatic carbocycles. The number of hydrogen-bond donors (Lipinski definition) is 2. The molecule has 4 rings (SSSR count). The summed E-state index contributed by atoms with van der Waals surface area (Å²) in [7, 11) is 0. The summed E-state index contributed by atoms with van der Waals surface area (Å²) in [5.74, 6) is -0.194. The Morgan fingerprint density at radius 3 is 2.89 bits per heavy atom. The lowest BCUT2D eigenvalue weighted by atomic mass is 9.81. The first-order chi connectivity index (χ1) is 13.5. The third kappa shape index (κ3) is 2.93. The van der Waals surface area contributed by atoms with Crippen LogP contribution >= 0.6 is 0 Å². The van der Waals surface area contributed by atoms with Crippen LogP contribution in [0.1, 0.15) is 39.0 Å². The van der Waals surface area contributed by atoms with Gasteiger partial charge in [0.25, 0.3) is 5.91 Å². The molecule has 9 nitrogen and oxygen atoms in total. The Hall–Kier alpha value is -2.58. The maximum atomic E-state index is 13.0. The summed E-state index contributed by atoms with van der Waals surface area (Å²) in [4.78, 5) is 40.9. The number of anilines is 1. The molecule has 2 N–H and O–H groups in total. The lowest BCUT2D eigenvalue weighted by molar-refractivity contribution is -0.149. The highest BCUT2D eigenvalue weighted by molar-refractivity contribution is 5.99. The zero-order valence-corrected chi connectivity index (χ0v) is 16.1. The number of aromatic nitrogens is 2. The molecule has 0 bridgehead atoms. The van der Waals surface area contributed by atoms with Crippen molar-refractivity contribution in [1.29, 1.82) is 0 Å². The van der Waals surface area contributed by atoms with E-state index in [0.29, 0.717) is 32.5 Å². The minimum absolute atomic E-state index is 0.00760. The topological polar surface area (TPSA) is 108 Å². The van der Waals surface area contributed by atoms with E-state index in [1.165, 1.54) is 0 Å². The van der Waals surface area contributed by atoms with Gasteiger partial charge in [0.05, 0.1) is 11.6 Å². The van der Waals surface area contributed by atoms with Crippen LogP contribution in [0.2, 0.25) is 0 Å². The van der Waals surface area contributed by atoms with Gasteiger partial charge in [0, 0.05) is 32.2 Å². The first-order valence-electron chi connectivity index (χ1n) is 10.1. The van der Waals surface area contributed by atoms with Gasteiger partial charge in [-0.25, -0.2) is 9.48 Å². The van der Waals surface area contributed by atoms with E-state index in [2.05, 4.69) is 10.4 Å². The number of likely N-dealkylation sites (tertiary alicyclic amines) is 1. The Morgan fingerprint density at radius 2 is 2.18 bits per heavy atom. The van der Waals surface area contributed by atoms with E-state index in [4.69, 9.17) is 0 Å². The molecule has 2 saturated heterocycles. The van der Waals surface area contributed by atoms with E-state index in [0.717, 1.165) is 25.1 Å². The minimum atomic E-state index is -0.812. The Kier molecular flexibility index (Phi) is 4.76. The molecule has 1 aromatic rings. The highest BCUT2D eigenvalue weighted by atomic mass is 16.4. The van der Waals surface area contributed by atoms with Crippen molar-refractivity contribution in [3.05, 3.63) is 12.3 Å². The molecule has 1 unspecified atom stereocenters. The van der Waals surface area contributed by atoms with Gasteiger partial charge in [0.2, 0.25) is 0 Å². The van der Waals surface area contributed by atoms with Gasteiger partial charge in [-0.2, -0.15) is 5.10 Å². The van der Waals surface area contributed by atoms with Crippen LogP contribution in [-0.2, 0) is 16.1 Å². The van der Waals surface area contributed by atoms with Crippen LogP contribution < -0.4 is 10.2 Å². The van der Waals surface area contributed by atoms with Crippen LogP contribution in [0.3, 0.4) is 0 Å². The Balaban J connectivity index is 1.43. The molecule has 152 valence electrons. The van der Waals surface area contributed by atoms with Crippen LogP contribution in [0, 0.1) is 11.3 Å². The van der Waals surface area contributed by atoms with Crippen molar-refractivity contribution in [2.75, 3.05) is 24.5 Å². The second-order valence-corrected chi connectivity index (χ2v) is 8.07. The predicted octanol–water partition coefficient (Wildman–Crippen LogP) is 1.29. The number of amides is 3. The molecule has 3 heterocycles. The summed E-state index contributed by atoms with van der Waals surface area (Å²) in [6.45, 7) is 3.91. The van der Waals surface area contributed by atoms with Gasteiger partial charge in [-0.1, -0.05) is 6.42 Å². The third-order valence-corrected chi connectivity index (χ3v) is 6.59. The van der Waals surface area contributed by atoms with E-state index >= 15 is 0 Å². The third-order valence-electron chi connectivity index (χ3n) is 6.59. The number of carboxylic acids is 1. The number of carbonyl (C=O) groups excluding carboxylic acids is 2. The molecule has 0 spiro atoms. The van der Waals surface area contributed by atoms with E-state index in [-0.39, 0.29) is 24.4 Å². The highest BCUT2D eigenvalue weighted by Gasteiger charge is 2.56. The minimum Gasteiger partial charge on any atom is -0.481 e. The number of nitrogens with one attached hydrogen (secondary N) is 1. The molecule has 3 fully saturated rings. The van der Waals surface area contributed by atoms with E-state index in [1.807, 2.05) is 13.0 Å². The summed E-state index contributed by atoms with van der Waals surface area (Å²) in [5.41, 5.74) is -0.812. The van der Waals surface area contributed by atoms with Gasteiger partial charge in [-0.15, -0.1) is 0 Å². The smallest absolute Gasteiger partial charge is 0.318 e. The average molecular weight is 389 g/mol. The molecular formula is C19H27N5O4. The molecule has 3 atom stereocenters. The van der Waals surface area contributed by atoms with Gasteiger partial charge in [-0.3, -0.25) is 14.5 Å². The first kappa shape index (κ1) is 18.8. The summed E-state index contributed by atoms with van der Waals surface area (Å²) in [5, 5.41) is 16.8. The number of urea groups is 1. The molecular weight excluding hydrogens is 362 g/mol. The van der Waals surface area contributed by atoms with E-state index in [1.54, 1.807) is 20.7 Å². The van der Waals surface area contributed by atoms with Gasteiger partial charge in [0.1, 0.15) is 11.9 Å². The normalized spacial score (nSPS) is 29.8. The highest BCUT2D eigenvalue weighted by Crippen LogP contribution is 2.48. The van der Waals surface area contributed by atoms with Crippen LogP contribution in [0.25, 0.3) is 0 Å². The second-order valence-electron chi connectivity index (χ2n) is 8.07. The fourth-order valence-corrected chi connectivity index (χ4v) is 5.07. The Bertz CT molecular complexity index is 793. The summed E-state index contributed by atoms with van der Waals surface area (Å²) < 4.78 is 1.76. The van der Waals surface area contributed by atoms with Crippen molar-refractivity contribution < 1.29 is 19.5 Å². The number of carbonyl (C=O) groups is 3. The van der Waals surface area contributed by atoms with E-state index in [9.17, 15) is 19.5 Å². The quantitative estimate of drug-likeness (QED) is 0.807. The molecule has 2 aliphatic heterocycles. The number of aryl methyl sites for hydroxylation is 1. The van der Waals surface area contributed by atoms with Crippen molar-refractivity contribution in [2.24, 2.45) is 11.3 Å². The summed E-state index contributed by atoms with van der Waals surface area (Å²) in [6, 6.07) is 0.881. The predicted molar refractivity (Wildman–Crippen MR) is 101 cm³/mol. The average Bonchev–Trinajstić information content (AvgIpc) is 3.37. The van der Waals surface area contributed by atoms with Crippen molar-refractivity contribution in [3.63, 3.8) is 0 Å². The lowest BCUT2D eigenvalue weighted by Crippen LogP contribution is -2.55. The fourth-order valence-electron chi connectivity index (χ4n) is 5.07. The molecule has 1 aliphatic carbocycles. The monoisotopic (exact) mass is 389 g/mol. The van der Waals surface area contributed by atoms with Crippen LogP contribution in [-0.4, -0.2) is 63.4 Å². The van der Waals surface area contributed by atoms with E-state index < -0.39 is 17.4 Å². The zero-order chi connectivity index (χ0) is 19.9. The fraction of sp³-hybridized carbons (Fsp3) is 0.684. The maximum Gasteiger partial charge on any atom is 0.318 e. The Labute approximate surface area is 163 Å².